The van der Waals surface area contributed by atoms with Crippen molar-refractivity contribution in [3.63, 3.8) is 0 Å². The van der Waals surface area contributed by atoms with Crippen LogP contribution in [0.2, 0.25) is 0 Å². The van der Waals surface area contributed by atoms with Crippen molar-refractivity contribution < 1.29 is 14.5 Å². The van der Waals surface area contributed by atoms with Crippen LogP contribution in [0, 0.1) is 10.1 Å². The fourth-order valence-electron chi connectivity index (χ4n) is 2.27. The molecule has 0 aliphatic heterocycles. The number of hydrogen-bond donors (Lipinski definition) is 1. The van der Waals surface area contributed by atoms with Crippen molar-refractivity contribution in [3.8, 4) is 0 Å². The second-order valence-corrected chi connectivity index (χ2v) is 5.17. The number of alkyl carbamates (subject to hydrolysis) is 1. The van der Waals surface area contributed by atoms with Crippen LogP contribution in [0.1, 0.15) is 51.0 Å². The van der Waals surface area contributed by atoms with Crippen LogP contribution in [0.3, 0.4) is 0 Å². The normalized spacial score (nSPS) is 11.7. The zero-order valence-corrected chi connectivity index (χ0v) is 13.2. The summed E-state index contributed by atoms with van der Waals surface area (Å²) in [7, 11) is 0. The maximum absolute atomic E-state index is 11.6. The third-order valence-corrected chi connectivity index (χ3v) is 3.41. The van der Waals surface area contributed by atoms with E-state index in [1.54, 1.807) is 18.2 Å². The van der Waals surface area contributed by atoms with Gasteiger partial charge in [-0.1, -0.05) is 44.9 Å². The van der Waals surface area contributed by atoms with Crippen molar-refractivity contribution in [2.45, 2.75) is 45.4 Å². The number of carbonyl (C=O) groups is 1. The van der Waals surface area contributed by atoms with Gasteiger partial charge < -0.3 is 10.1 Å². The average molecular weight is 308 g/mol. The number of ether oxygens (including phenoxy) is 1. The molecule has 1 atom stereocenters. The van der Waals surface area contributed by atoms with Crippen LogP contribution in [0.15, 0.2) is 24.3 Å². The first kappa shape index (κ1) is 17.9. The van der Waals surface area contributed by atoms with Gasteiger partial charge in [-0.05, 0) is 12.8 Å². The molecule has 0 aliphatic carbocycles. The first-order valence-corrected chi connectivity index (χ1v) is 7.74. The Labute approximate surface area is 131 Å². The zero-order valence-electron chi connectivity index (χ0n) is 13.2. The third-order valence-electron chi connectivity index (χ3n) is 3.41. The fourth-order valence-corrected chi connectivity index (χ4v) is 2.27. The van der Waals surface area contributed by atoms with Crippen molar-refractivity contribution in [1.29, 1.82) is 0 Å². The predicted molar refractivity (Wildman–Crippen MR) is 85.0 cm³/mol. The van der Waals surface area contributed by atoms with E-state index in [9.17, 15) is 14.9 Å². The van der Waals surface area contributed by atoms with Crippen LogP contribution in [0.4, 0.5) is 10.5 Å². The molecule has 1 unspecified atom stereocenters. The van der Waals surface area contributed by atoms with Crippen molar-refractivity contribution in [2.75, 3.05) is 13.2 Å². The predicted octanol–water partition coefficient (Wildman–Crippen LogP) is 4.00. The maximum atomic E-state index is 11.6. The average Bonchev–Trinajstić information content (AvgIpc) is 2.53. The highest BCUT2D eigenvalue weighted by atomic mass is 16.6. The van der Waals surface area contributed by atoms with Crippen molar-refractivity contribution in [3.05, 3.63) is 39.9 Å². The number of nitro groups is 1. The first-order valence-electron chi connectivity index (χ1n) is 7.74. The Balaban J connectivity index is 2.80. The van der Waals surface area contributed by atoms with Gasteiger partial charge in [-0.3, -0.25) is 10.1 Å². The molecule has 1 rings (SSSR count). The molecule has 1 aromatic rings. The number of nitrogens with one attached hydrogen (secondary N) is 1. The monoisotopic (exact) mass is 308 g/mol. The smallest absolute Gasteiger partial charge is 0.407 e. The number of amides is 1. The molecule has 0 saturated carbocycles. The van der Waals surface area contributed by atoms with E-state index in [-0.39, 0.29) is 16.5 Å². The summed E-state index contributed by atoms with van der Waals surface area (Å²) >= 11 is 0. The Morgan fingerprint density at radius 2 is 2.05 bits per heavy atom. The Bertz CT molecular complexity index is 491. The van der Waals surface area contributed by atoms with Gasteiger partial charge in [-0.15, -0.1) is 0 Å². The second-order valence-electron chi connectivity index (χ2n) is 5.17. The highest BCUT2D eigenvalue weighted by Gasteiger charge is 2.21. The lowest BCUT2D eigenvalue weighted by atomic mass is 9.92. The minimum absolute atomic E-state index is 0.0873. The van der Waals surface area contributed by atoms with Crippen molar-refractivity contribution >= 4 is 11.8 Å². The van der Waals surface area contributed by atoms with Gasteiger partial charge in [0, 0.05) is 24.1 Å². The van der Waals surface area contributed by atoms with Crippen LogP contribution >= 0.6 is 0 Å². The number of nitrogens with zero attached hydrogens (tertiary/aromatic N) is 1. The van der Waals surface area contributed by atoms with Crippen LogP contribution in [-0.4, -0.2) is 24.2 Å². The Morgan fingerprint density at radius 3 is 2.68 bits per heavy atom. The number of rotatable bonds is 9. The van der Waals surface area contributed by atoms with Crippen LogP contribution < -0.4 is 5.32 Å². The topological polar surface area (TPSA) is 81.5 Å². The molecule has 1 N–H and O–H groups in total. The highest BCUT2D eigenvalue weighted by Crippen LogP contribution is 2.29. The van der Waals surface area contributed by atoms with Gasteiger partial charge in [-0.2, -0.15) is 0 Å². The molecular formula is C16H24N2O4. The number of hydrogen-bond acceptors (Lipinski definition) is 4. The van der Waals surface area contributed by atoms with Gasteiger partial charge in [0.2, 0.25) is 0 Å². The minimum Gasteiger partial charge on any atom is -0.450 e. The Morgan fingerprint density at radius 1 is 1.32 bits per heavy atom. The molecule has 6 heteroatoms. The van der Waals surface area contributed by atoms with Gasteiger partial charge in [0.25, 0.3) is 5.69 Å². The van der Waals surface area contributed by atoms with Gasteiger partial charge in [0.05, 0.1) is 11.5 Å². The van der Waals surface area contributed by atoms with E-state index < -0.39 is 6.09 Å². The highest BCUT2D eigenvalue weighted by molar-refractivity contribution is 5.67. The summed E-state index contributed by atoms with van der Waals surface area (Å²) in [6.07, 6.45) is 3.02. The van der Waals surface area contributed by atoms with E-state index in [0.29, 0.717) is 18.7 Å². The molecule has 0 aromatic heterocycles. The fraction of sp³-hybridized carbons (Fsp3) is 0.562. The lowest BCUT2D eigenvalue weighted by molar-refractivity contribution is -0.385. The molecule has 0 heterocycles. The van der Waals surface area contributed by atoms with E-state index in [0.717, 1.165) is 25.7 Å². The van der Waals surface area contributed by atoms with E-state index >= 15 is 0 Å². The van der Waals surface area contributed by atoms with Crippen LogP contribution in [0.5, 0.6) is 0 Å². The summed E-state index contributed by atoms with van der Waals surface area (Å²) < 4.78 is 4.98. The number of para-hydroxylation sites is 1. The lowest BCUT2D eigenvalue weighted by Crippen LogP contribution is -2.29. The maximum Gasteiger partial charge on any atom is 0.407 e. The molecule has 0 spiro atoms. The van der Waals surface area contributed by atoms with Crippen LogP contribution in [0.25, 0.3) is 0 Å². The summed E-state index contributed by atoms with van der Waals surface area (Å²) in [5.74, 6) is -0.0873. The van der Waals surface area contributed by atoms with E-state index in [1.807, 2.05) is 6.92 Å². The number of nitro benzene ring substituents is 1. The van der Waals surface area contributed by atoms with Gasteiger partial charge in [0.15, 0.2) is 0 Å². The molecule has 6 nitrogen and oxygen atoms in total. The van der Waals surface area contributed by atoms with E-state index in [4.69, 9.17) is 4.74 Å². The van der Waals surface area contributed by atoms with Crippen molar-refractivity contribution in [1.82, 2.24) is 5.32 Å². The van der Waals surface area contributed by atoms with Gasteiger partial charge >= 0.3 is 6.09 Å². The summed E-state index contributed by atoms with van der Waals surface area (Å²) in [5, 5.41) is 13.9. The molecule has 1 aromatic carbocycles. The molecule has 0 aliphatic rings. The number of benzene rings is 1. The molecule has 0 fully saturated rings. The summed E-state index contributed by atoms with van der Waals surface area (Å²) in [6.45, 7) is 4.70. The second kappa shape index (κ2) is 9.76. The van der Waals surface area contributed by atoms with Crippen molar-refractivity contribution in [2.24, 2.45) is 0 Å². The van der Waals surface area contributed by atoms with Crippen LogP contribution in [-0.2, 0) is 4.74 Å². The zero-order chi connectivity index (χ0) is 16.4. The number of carbonyl (C=O) groups excluding carboxylic acids is 1. The van der Waals surface area contributed by atoms with E-state index in [2.05, 4.69) is 12.2 Å². The minimum atomic E-state index is -0.470. The summed E-state index contributed by atoms with van der Waals surface area (Å²) in [5.41, 5.74) is 0.768. The molecule has 1 amide bonds. The first-order chi connectivity index (χ1) is 10.6. The lowest BCUT2D eigenvalue weighted by Gasteiger charge is -2.17. The standard InChI is InChI=1S/C16H24N2O4/c1-3-5-8-13(12-17-16(19)22-11-4-2)14-9-6-7-10-15(14)18(20)21/h6-7,9-10,13H,3-5,8,11-12H2,1-2H3,(H,17,19). The third kappa shape index (κ3) is 5.71. The molecule has 0 radical (unpaired) electrons. The quantitative estimate of drug-likeness (QED) is 0.552. The van der Waals surface area contributed by atoms with Gasteiger partial charge in [0.1, 0.15) is 0 Å². The molecule has 122 valence electrons. The molecule has 22 heavy (non-hydrogen) atoms. The SMILES string of the molecule is CCCCC(CNC(=O)OCCC)c1ccccc1[N+](=O)[O-]. The summed E-state index contributed by atoms with van der Waals surface area (Å²) in [6, 6.07) is 6.71. The Hall–Kier alpha value is -2.11. The Kier molecular flexibility index (Phi) is 7.96. The largest absolute Gasteiger partial charge is 0.450 e. The molecule has 0 saturated heterocycles. The number of unbranched alkanes of at least 4 members (excludes halogenated alkanes) is 1. The molecular weight excluding hydrogens is 284 g/mol. The molecule has 0 bridgehead atoms. The summed E-state index contributed by atoms with van der Waals surface area (Å²) in [4.78, 5) is 22.4. The van der Waals surface area contributed by atoms with E-state index in [1.165, 1.54) is 6.07 Å². The van der Waals surface area contributed by atoms with Gasteiger partial charge in [-0.25, -0.2) is 4.79 Å².